The number of pyridine rings is 2. The Morgan fingerprint density at radius 2 is 2.00 bits per heavy atom. The second-order valence-electron chi connectivity index (χ2n) is 8.95. The number of aryl methyl sites for hydroxylation is 2. The largest absolute Gasteiger partial charge is 0.433 e. The normalized spacial score (nSPS) is 15.4. The van der Waals surface area contributed by atoms with Crippen molar-refractivity contribution in [3.63, 3.8) is 0 Å². The Balaban J connectivity index is 1.79. The van der Waals surface area contributed by atoms with Gasteiger partial charge in [-0.25, -0.2) is 4.98 Å². The monoisotopic (exact) mass is 436 g/mol. The molecule has 3 rings (SSSR count). The first-order chi connectivity index (χ1) is 14.4. The number of fused-ring (bicyclic) bond motifs is 1. The van der Waals surface area contributed by atoms with Gasteiger partial charge in [-0.3, -0.25) is 9.78 Å². The van der Waals surface area contributed by atoms with Gasteiger partial charge >= 0.3 is 6.18 Å². The topological polar surface area (TPSA) is 78.3 Å². The molecule has 2 aromatic heterocycles. The number of hydrogen-bond donors (Lipinski definition) is 2. The highest BCUT2D eigenvalue weighted by atomic mass is 19.4. The molecular formula is C22H27F3N4O2. The molecule has 0 fully saturated rings. The van der Waals surface area contributed by atoms with Crippen LogP contribution < -0.4 is 10.2 Å². The number of amides is 1. The van der Waals surface area contributed by atoms with Crippen LogP contribution in [0.25, 0.3) is 0 Å². The number of anilines is 2. The standard InChI is InChI=1S/C22H27F3N4O2/c1-13-10-16-15(27-19(13)28-20(31)18(30)21(2,3)4)6-5-9-29(16)12-14-7-8-17(26-11-14)22(23,24)25/h7-8,10-11,18,30H,5-6,9,12H2,1-4H3,(H,27,28,31)/t18-/m0/s1. The fourth-order valence-electron chi connectivity index (χ4n) is 3.43. The number of rotatable bonds is 4. The molecule has 1 amide bonds. The average molecular weight is 436 g/mol. The summed E-state index contributed by atoms with van der Waals surface area (Å²) in [5.74, 6) is -0.100. The van der Waals surface area contributed by atoms with Crippen LogP contribution in [0.2, 0.25) is 0 Å². The lowest BCUT2D eigenvalue weighted by atomic mass is 9.88. The van der Waals surface area contributed by atoms with Gasteiger partial charge < -0.3 is 15.3 Å². The molecule has 168 valence electrons. The molecule has 0 bridgehead atoms. The highest BCUT2D eigenvalue weighted by Gasteiger charge is 2.32. The molecule has 31 heavy (non-hydrogen) atoms. The maximum Gasteiger partial charge on any atom is 0.433 e. The zero-order chi connectivity index (χ0) is 23.0. The van der Waals surface area contributed by atoms with Gasteiger partial charge in [-0.15, -0.1) is 0 Å². The number of carbonyl (C=O) groups is 1. The number of nitrogens with one attached hydrogen (secondary N) is 1. The molecule has 9 heteroatoms. The van der Waals surface area contributed by atoms with Crippen molar-refractivity contribution in [1.29, 1.82) is 0 Å². The van der Waals surface area contributed by atoms with E-state index >= 15 is 0 Å². The third-order valence-electron chi connectivity index (χ3n) is 5.25. The smallest absolute Gasteiger partial charge is 0.383 e. The molecule has 1 atom stereocenters. The number of nitrogens with zero attached hydrogens (tertiary/aromatic N) is 3. The molecule has 0 aliphatic carbocycles. The van der Waals surface area contributed by atoms with E-state index in [-0.39, 0.29) is 0 Å². The summed E-state index contributed by atoms with van der Waals surface area (Å²) < 4.78 is 38.2. The van der Waals surface area contributed by atoms with Gasteiger partial charge in [0, 0.05) is 19.3 Å². The number of aromatic nitrogens is 2. The predicted octanol–water partition coefficient (Wildman–Crippen LogP) is 4.10. The van der Waals surface area contributed by atoms with Gasteiger partial charge in [0.1, 0.15) is 17.6 Å². The van der Waals surface area contributed by atoms with Gasteiger partial charge in [0.15, 0.2) is 0 Å². The Morgan fingerprint density at radius 1 is 1.29 bits per heavy atom. The number of aliphatic hydroxyl groups excluding tert-OH is 1. The van der Waals surface area contributed by atoms with Crippen molar-refractivity contribution in [2.45, 2.75) is 59.4 Å². The lowest BCUT2D eigenvalue weighted by Crippen LogP contribution is -2.38. The first-order valence-electron chi connectivity index (χ1n) is 10.1. The molecule has 3 heterocycles. The summed E-state index contributed by atoms with van der Waals surface area (Å²) in [6.45, 7) is 8.30. The summed E-state index contributed by atoms with van der Waals surface area (Å²) in [4.78, 5) is 22.6. The van der Waals surface area contributed by atoms with Gasteiger partial charge in [-0.1, -0.05) is 26.8 Å². The maximum absolute atomic E-state index is 12.7. The minimum absolute atomic E-state index is 0.407. The maximum atomic E-state index is 12.7. The number of aliphatic hydroxyl groups is 1. The molecule has 0 saturated heterocycles. The van der Waals surface area contributed by atoms with Gasteiger partial charge in [-0.05, 0) is 48.4 Å². The Bertz CT molecular complexity index is 953. The van der Waals surface area contributed by atoms with E-state index in [4.69, 9.17) is 0 Å². The summed E-state index contributed by atoms with van der Waals surface area (Å²) in [6, 6.07) is 4.34. The first kappa shape index (κ1) is 23.0. The number of alkyl halides is 3. The van der Waals surface area contributed by atoms with Crippen LogP contribution in [-0.4, -0.2) is 33.6 Å². The molecule has 6 nitrogen and oxygen atoms in total. The van der Waals surface area contributed by atoms with Crippen molar-refractivity contribution in [3.8, 4) is 0 Å². The zero-order valence-corrected chi connectivity index (χ0v) is 18.0. The molecule has 0 radical (unpaired) electrons. The van der Waals surface area contributed by atoms with E-state index in [2.05, 4.69) is 20.2 Å². The average Bonchev–Trinajstić information content (AvgIpc) is 2.67. The van der Waals surface area contributed by atoms with E-state index in [0.29, 0.717) is 17.9 Å². The lowest BCUT2D eigenvalue weighted by molar-refractivity contribution is -0.141. The molecule has 0 saturated carbocycles. The van der Waals surface area contributed by atoms with Crippen molar-refractivity contribution in [2.75, 3.05) is 16.8 Å². The summed E-state index contributed by atoms with van der Waals surface area (Å²) in [6.07, 6.45) is -2.83. The molecule has 0 unspecified atom stereocenters. The minimum atomic E-state index is -4.46. The number of halogens is 3. The molecule has 1 aliphatic rings. The second-order valence-corrected chi connectivity index (χ2v) is 8.95. The second kappa shape index (κ2) is 8.45. The van der Waals surface area contributed by atoms with Crippen LogP contribution in [0.1, 0.15) is 49.7 Å². The van der Waals surface area contributed by atoms with E-state index in [1.165, 1.54) is 12.3 Å². The number of hydrogen-bond acceptors (Lipinski definition) is 5. The zero-order valence-electron chi connectivity index (χ0n) is 18.0. The van der Waals surface area contributed by atoms with E-state index in [0.717, 1.165) is 42.4 Å². The first-order valence-corrected chi connectivity index (χ1v) is 10.1. The van der Waals surface area contributed by atoms with Gasteiger partial charge in [-0.2, -0.15) is 13.2 Å². The molecule has 0 spiro atoms. The van der Waals surface area contributed by atoms with Crippen LogP contribution in [0, 0.1) is 12.3 Å². The summed E-state index contributed by atoms with van der Waals surface area (Å²) in [5.41, 5.74) is 1.59. The van der Waals surface area contributed by atoms with Gasteiger partial charge in [0.05, 0.1) is 11.4 Å². The van der Waals surface area contributed by atoms with Crippen molar-refractivity contribution in [2.24, 2.45) is 5.41 Å². The van der Waals surface area contributed by atoms with E-state index in [9.17, 15) is 23.1 Å². The number of carbonyl (C=O) groups excluding carboxylic acids is 1. The van der Waals surface area contributed by atoms with Gasteiger partial charge in [0.25, 0.3) is 5.91 Å². The van der Waals surface area contributed by atoms with Crippen molar-refractivity contribution >= 4 is 17.4 Å². The van der Waals surface area contributed by atoms with Crippen molar-refractivity contribution in [3.05, 3.63) is 46.9 Å². The van der Waals surface area contributed by atoms with Crippen molar-refractivity contribution in [1.82, 2.24) is 9.97 Å². The minimum Gasteiger partial charge on any atom is -0.383 e. The molecular weight excluding hydrogens is 409 g/mol. The van der Waals surface area contributed by atoms with E-state index in [1.807, 2.05) is 13.0 Å². The summed E-state index contributed by atoms with van der Waals surface area (Å²) >= 11 is 0. The Morgan fingerprint density at radius 3 is 2.58 bits per heavy atom. The SMILES string of the molecule is Cc1cc2c(nc1NC(=O)[C@H](O)C(C)(C)C)CCCN2Cc1ccc(C(F)(F)F)nc1. The highest BCUT2D eigenvalue weighted by molar-refractivity contribution is 5.94. The fraction of sp³-hybridized carbons (Fsp3) is 0.500. The lowest BCUT2D eigenvalue weighted by Gasteiger charge is -2.32. The van der Waals surface area contributed by atoms with E-state index < -0.39 is 29.3 Å². The Labute approximate surface area is 179 Å². The fourth-order valence-corrected chi connectivity index (χ4v) is 3.43. The molecule has 1 aliphatic heterocycles. The van der Waals surface area contributed by atoms with Crippen LogP contribution >= 0.6 is 0 Å². The third kappa shape index (κ3) is 5.33. The van der Waals surface area contributed by atoms with Crippen LogP contribution in [0.3, 0.4) is 0 Å². The van der Waals surface area contributed by atoms with Gasteiger partial charge in [0.2, 0.25) is 0 Å². The highest BCUT2D eigenvalue weighted by Crippen LogP contribution is 2.32. The van der Waals surface area contributed by atoms with Crippen LogP contribution in [0.5, 0.6) is 0 Å². The van der Waals surface area contributed by atoms with Crippen LogP contribution in [-0.2, 0) is 23.9 Å². The predicted molar refractivity (Wildman–Crippen MR) is 112 cm³/mol. The van der Waals surface area contributed by atoms with Crippen LogP contribution in [0.15, 0.2) is 24.4 Å². The van der Waals surface area contributed by atoms with E-state index in [1.54, 1.807) is 20.8 Å². The van der Waals surface area contributed by atoms with Crippen molar-refractivity contribution < 1.29 is 23.1 Å². The Hall–Kier alpha value is -2.68. The molecule has 2 aromatic rings. The third-order valence-corrected chi connectivity index (χ3v) is 5.25. The Kier molecular flexibility index (Phi) is 6.27. The summed E-state index contributed by atoms with van der Waals surface area (Å²) in [5, 5.41) is 12.9. The molecule has 2 N–H and O–H groups in total. The molecule has 0 aromatic carbocycles. The quantitative estimate of drug-likeness (QED) is 0.755. The summed E-state index contributed by atoms with van der Waals surface area (Å²) in [7, 11) is 0. The van der Waals surface area contributed by atoms with Crippen LogP contribution in [0.4, 0.5) is 24.7 Å².